The Morgan fingerprint density at radius 1 is 1.30 bits per heavy atom. The fraction of sp³-hybridized carbons (Fsp3) is 0.923. The van der Waals surface area contributed by atoms with E-state index in [1.54, 1.807) is 4.90 Å². The zero-order valence-electron chi connectivity index (χ0n) is 12.0. The Morgan fingerprint density at radius 2 is 1.95 bits per heavy atom. The minimum Gasteiger partial charge on any atom is -0.338 e. The summed E-state index contributed by atoms with van der Waals surface area (Å²) in [7, 11) is -2.94. The molecule has 2 heterocycles. The van der Waals surface area contributed by atoms with Gasteiger partial charge in [-0.3, -0.25) is 4.79 Å². The van der Waals surface area contributed by atoms with Crippen LogP contribution in [0.25, 0.3) is 0 Å². The van der Waals surface area contributed by atoms with Gasteiger partial charge in [0.05, 0.1) is 11.5 Å². The van der Waals surface area contributed by atoms with E-state index in [1.165, 1.54) is 0 Å². The van der Waals surface area contributed by atoms with Crippen molar-refractivity contribution in [3.63, 3.8) is 0 Å². The van der Waals surface area contributed by atoms with Crippen molar-refractivity contribution in [2.24, 2.45) is 5.92 Å². The summed E-state index contributed by atoms with van der Waals surface area (Å²) >= 11 is 0. The molecule has 0 aromatic carbocycles. The normalized spacial score (nSPS) is 26.9. The molecule has 5 nitrogen and oxygen atoms in total. The van der Waals surface area contributed by atoms with Gasteiger partial charge in [0.15, 0.2) is 9.84 Å². The Hall–Kier alpha value is -0.330. The highest BCUT2D eigenvalue weighted by atomic mass is 35.5. The van der Waals surface area contributed by atoms with Gasteiger partial charge in [0.2, 0.25) is 5.91 Å². The molecule has 20 heavy (non-hydrogen) atoms. The molecule has 118 valence electrons. The first kappa shape index (κ1) is 17.7. The van der Waals surface area contributed by atoms with E-state index in [0.29, 0.717) is 18.9 Å². The van der Waals surface area contributed by atoms with E-state index in [9.17, 15) is 13.2 Å². The van der Waals surface area contributed by atoms with E-state index in [1.807, 2.05) is 6.92 Å². The van der Waals surface area contributed by atoms with Crippen molar-refractivity contribution >= 4 is 28.2 Å². The third-order valence-corrected chi connectivity index (χ3v) is 6.01. The fourth-order valence-corrected chi connectivity index (χ4v) is 4.57. The number of carbonyl (C=O) groups excluding carboxylic acids is 1. The monoisotopic (exact) mass is 324 g/mol. The third kappa shape index (κ3) is 4.90. The Kier molecular flexibility index (Phi) is 6.75. The van der Waals surface area contributed by atoms with Crippen molar-refractivity contribution in [2.45, 2.75) is 38.6 Å². The number of carbonyl (C=O) groups is 1. The number of hydrogen-bond donors (Lipinski definition) is 1. The van der Waals surface area contributed by atoms with Crippen LogP contribution in [0.15, 0.2) is 0 Å². The number of amides is 1. The van der Waals surface area contributed by atoms with Gasteiger partial charge in [-0.15, -0.1) is 12.4 Å². The van der Waals surface area contributed by atoms with Gasteiger partial charge in [-0.1, -0.05) is 0 Å². The summed E-state index contributed by atoms with van der Waals surface area (Å²) < 4.78 is 23.0. The highest BCUT2D eigenvalue weighted by Crippen LogP contribution is 2.20. The lowest BCUT2D eigenvalue weighted by Gasteiger charge is -2.33. The number of halogens is 1. The van der Waals surface area contributed by atoms with Gasteiger partial charge in [-0.2, -0.15) is 0 Å². The number of sulfone groups is 1. The van der Waals surface area contributed by atoms with Crippen LogP contribution in [0.2, 0.25) is 0 Å². The zero-order chi connectivity index (χ0) is 13.9. The molecule has 0 spiro atoms. The zero-order valence-corrected chi connectivity index (χ0v) is 13.6. The second-order valence-electron chi connectivity index (χ2n) is 5.78. The van der Waals surface area contributed by atoms with Gasteiger partial charge in [-0.05, 0) is 45.2 Å². The van der Waals surface area contributed by atoms with Crippen molar-refractivity contribution in [3.8, 4) is 0 Å². The maximum Gasteiger partial charge on any atom is 0.222 e. The average molecular weight is 325 g/mol. The SMILES string of the molecule is CC1CS(=O)(=O)CCN1C(=O)CCC1CCNCC1.Cl. The van der Waals surface area contributed by atoms with Crippen LogP contribution in [0.3, 0.4) is 0 Å². The Morgan fingerprint density at radius 3 is 2.55 bits per heavy atom. The van der Waals surface area contributed by atoms with E-state index in [-0.39, 0.29) is 35.9 Å². The first-order valence-electron chi connectivity index (χ1n) is 7.18. The van der Waals surface area contributed by atoms with Crippen LogP contribution >= 0.6 is 12.4 Å². The highest BCUT2D eigenvalue weighted by molar-refractivity contribution is 7.91. The van der Waals surface area contributed by atoms with Gasteiger partial charge < -0.3 is 10.2 Å². The number of rotatable bonds is 3. The third-order valence-electron chi connectivity index (χ3n) is 4.22. The van der Waals surface area contributed by atoms with Crippen LogP contribution in [0.4, 0.5) is 0 Å². The topological polar surface area (TPSA) is 66.5 Å². The van der Waals surface area contributed by atoms with Gasteiger partial charge in [-0.25, -0.2) is 8.42 Å². The van der Waals surface area contributed by atoms with Crippen molar-refractivity contribution in [1.29, 1.82) is 0 Å². The predicted octanol–water partition coefficient (Wildman–Crippen LogP) is 0.833. The minimum atomic E-state index is -2.94. The standard InChI is InChI=1S/C13H24N2O3S.ClH/c1-11-10-19(17,18)9-8-15(11)13(16)3-2-12-4-6-14-7-5-12;/h11-12,14H,2-10H2,1H3;1H. The fourth-order valence-electron chi connectivity index (χ4n) is 3.01. The van der Waals surface area contributed by atoms with Gasteiger partial charge in [0.1, 0.15) is 0 Å². The molecule has 1 N–H and O–H groups in total. The summed E-state index contributed by atoms with van der Waals surface area (Å²) in [6.07, 6.45) is 3.81. The van der Waals surface area contributed by atoms with Gasteiger partial charge >= 0.3 is 0 Å². The quantitative estimate of drug-likeness (QED) is 0.835. The van der Waals surface area contributed by atoms with Crippen LogP contribution in [0, 0.1) is 5.92 Å². The van der Waals surface area contributed by atoms with Crippen molar-refractivity contribution < 1.29 is 13.2 Å². The smallest absolute Gasteiger partial charge is 0.222 e. The Balaban J connectivity index is 0.00000200. The van der Waals surface area contributed by atoms with Crippen LogP contribution < -0.4 is 5.32 Å². The molecule has 7 heteroatoms. The lowest BCUT2D eigenvalue weighted by atomic mass is 9.93. The number of nitrogens with zero attached hydrogens (tertiary/aromatic N) is 1. The molecule has 1 amide bonds. The van der Waals surface area contributed by atoms with Gasteiger partial charge in [0, 0.05) is 19.0 Å². The minimum absolute atomic E-state index is 0. The van der Waals surface area contributed by atoms with Crippen LogP contribution in [-0.4, -0.2) is 56.4 Å². The van der Waals surface area contributed by atoms with Crippen molar-refractivity contribution in [3.05, 3.63) is 0 Å². The molecule has 2 fully saturated rings. The van der Waals surface area contributed by atoms with E-state index in [0.717, 1.165) is 32.4 Å². The summed E-state index contributed by atoms with van der Waals surface area (Å²) in [5.41, 5.74) is 0. The molecule has 0 saturated carbocycles. The average Bonchev–Trinajstić information content (AvgIpc) is 2.36. The molecule has 2 rings (SSSR count). The second-order valence-corrected chi connectivity index (χ2v) is 8.01. The molecule has 1 unspecified atom stereocenters. The molecular weight excluding hydrogens is 300 g/mol. The summed E-state index contributed by atoms with van der Waals surface area (Å²) in [4.78, 5) is 13.9. The lowest BCUT2D eigenvalue weighted by Crippen LogP contribution is -2.49. The Labute approximate surface area is 127 Å². The summed E-state index contributed by atoms with van der Waals surface area (Å²) in [6, 6.07) is -0.167. The molecule has 0 aliphatic carbocycles. The van der Waals surface area contributed by atoms with E-state index in [2.05, 4.69) is 5.32 Å². The summed E-state index contributed by atoms with van der Waals surface area (Å²) in [5.74, 6) is 1.01. The molecule has 1 atom stereocenters. The van der Waals surface area contributed by atoms with Crippen LogP contribution in [-0.2, 0) is 14.6 Å². The van der Waals surface area contributed by atoms with Crippen molar-refractivity contribution in [1.82, 2.24) is 10.2 Å². The molecule has 2 saturated heterocycles. The highest BCUT2D eigenvalue weighted by Gasteiger charge is 2.31. The molecule has 0 bridgehead atoms. The first-order valence-corrected chi connectivity index (χ1v) is 9.01. The van der Waals surface area contributed by atoms with Crippen LogP contribution in [0.1, 0.15) is 32.6 Å². The maximum absolute atomic E-state index is 12.2. The summed E-state index contributed by atoms with van der Waals surface area (Å²) in [5, 5.41) is 3.32. The molecule has 0 aromatic rings. The van der Waals surface area contributed by atoms with E-state index in [4.69, 9.17) is 0 Å². The molecule has 0 radical (unpaired) electrons. The largest absolute Gasteiger partial charge is 0.338 e. The Bertz CT molecular complexity index is 421. The van der Waals surface area contributed by atoms with E-state index < -0.39 is 9.84 Å². The van der Waals surface area contributed by atoms with Gasteiger partial charge in [0.25, 0.3) is 0 Å². The number of nitrogens with one attached hydrogen (secondary N) is 1. The lowest BCUT2D eigenvalue weighted by molar-refractivity contribution is -0.133. The van der Waals surface area contributed by atoms with E-state index >= 15 is 0 Å². The van der Waals surface area contributed by atoms with Crippen LogP contribution in [0.5, 0.6) is 0 Å². The number of hydrogen-bond acceptors (Lipinski definition) is 4. The molecule has 0 aromatic heterocycles. The number of piperidine rings is 1. The first-order chi connectivity index (χ1) is 8.98. The molecule has 2 aliphatic heterocycles. The second kappa shape index (κ2) is 7.61. The molecule has 2 aliphatic rings. The van der Waals surface area contributed by atoms with Crippen molar-refractivity contribution in [2.75, 3.05) is 31.1 Å². The maximum atomic E-state index is 12.2. The summed E-state index contributed by atoms with van der Waals surface area (Å²) in [6.45, 7) is 4.31. The predicted molar refractivity (Wildman–Crippen MR) is 81.9 cm³/mol. The molecular formula is C13H25ClN2O3S.